The fourth-order valence-electron chi connectivity index (χ4n) is 2.27. The number of hydrogen-bond donors (Lipinski definition) is 2. The van der Waals surface area contributed by atoms with Crippen LogP contribution in [-0.4, -0.2) is 44.0 Å². The maximum Gasteiger partial charge on any atom is 0.191 e. The number of rotatable bonds is 8. The molecule has 8 heteroatoms. The molecule has 2 N–H and O–H groups in total. The van der Waals surface area contributed by atoms with Crippen LogP contribution in [0.3, 0.4) is 0 Å². The van der Waals surface area contributed by atoms with Gasteiger partial charge in [0.15, 0.2) is 5.96 Å². The third kappa shape index (κ3) is 7.13. The lowest BCUT2D eigenvalue weighted by Crippen LogP contribution is -2.42. The highest BCUT2D eigenvalue weighted by atomic mass is 32.2. The Balaban J connectivity index is 1.97. The van der Waals surface area contributed by atoms with E-state index in [0.29, 0.717) is 18.9 Å². The molecule has 0 fully saturated rings. The lowest BCUT2D eigenvalue weighted by atomic mass is 10.2. The van der Waals surface area contributed by atoms with E-state index in [-0.39, 0.29) is 11.8 Å². The van der Waals surface area contributed by atoms with E-state index in [4.69, 9.17) is 0 Å². The maximum absolute atomic E-state index is 11.3. The molecule has 0 aliphatic heterocycles. The number of hydrogen-bond acceptors (Lipinski definition) is 5. The molecule has 142 valence electrons. The second kappa shape index (κ2) is 9.68. The molecule has 0 saturated carbocycles. The highest BCUT2D eigenvalue weighted by molar-refractivity contribution is 7.90. The molecule has 2 aromatic rings. The second-order valence-electron chi connectivity index (χ2n) is 6.17. The molecule has 0 aliphatic carbocycles. The predicted octanol–water partition coefficient (Wildman–Crippen LogP) is 2.69. The van der Waals surface area contributed by atoms with E-state index < -0.39 is 9.84 Å². The summed E-state index contributed by atoms with van der Waals surface area (Å²) >= 11 is 1.60. The fourth-order valence-corrected chi connectivity index (χ4v) is 3.87. The van der Waals surface area contributed by atoms with Gasteiger partial charge in [-0.2, -0.15) is 0 Å². The molecule has 2 rings (SSSR count). The van der Waals surface area contributed by atoms with E-state index in [9.17, 15) is 8.42 Å². The quantitative estimate of drug-likeness (QED) is 0.531. The Morgan fingerprint density at radius 3 is 2.69 bits per heavy atom. The summed E-state index contributed by atoms with van der Waals surface area (Å²) < 4.78 is 22.6. The van der Waals surface area contributed by atoms with Crippen LogP contribution in [0.2, 0.25) is 0 Å². The molecule has 1 atom stereocenters. The molecular weight excluding hydrogens is 368 g/mol. The molecule has 26 heavy (non-hydrogen) atoms. The van der Waals surface area contributed by atoms with E-state index in [2.05, 4.69) is 20.6 Å². The number of benzene rings is 1. The van der Waals surface area contributed by atoms with Crippen molar-refractivity contribution in [1.82, 2.24) is 15.6 Å². The van der Waals surface area contributed by atoms with Crippen molar-refractivity contribution in [3.63, 3.8) is 0 Å². The van der Waals surface area contributed by atoms with Crippen molar-refractivity contribution >= 4 is 27.1 Å². The minimum Gasteiger partial charge on any atom is -0.357 e. The first kappa shape index (κ1) is 20.4. The maximum atomic E-state index is 11.3. The van der Waals surface area contributed by atoms with Crippen molar-refractivity contribution in [2.75, 3.05) is 18.6 Å². The fraction of sp³-hybridized carbons (Fsp3) is 0.444. The Bertz CT molecular complexity index is 817. The molecule has 0 spiro atoms. The van der Waals surface area contributed by atoms with Crippen LogP contribution in [0.25, 0.3) is 10.6 Å². The number of aliphatic imine (C=N–C) groups is 1. The van der Waals surface area contributed by atoms with Crippen LogP contribution in [0.4, 0.5) is 0 Å². The summed E-state index contributed by atoms with van der Waals surface area (Å²) in [4.78, 5) is 9.20. The number of guanidine groups is 1. The normalized spacial score (nSPS) is 13.4. The highest BCUT2D eigenvalue weighted by Crippen LogP contribution is 2.23. The van der Waals surface area contributed by atoms with Crippen LogP contribution in [0.15, 0.2) is 40.7 Å². The summed E-state index contributed by atoms with van der Waals surface area (Å²) in [6.45, 7) is 5.15. The summed E-state index contributed by atoms with van der Waals surface area (Å²) in [6, 6.07) is 10.1. The zero-order chi connectivity index (χ0) is 19.0. The summed E-state index contributed by atoms with van der Waals surface area (Å²) in [5.41, 5.74) is 2.02. The van der Waals surface area contributed by atoms with Gasteiger partial charge in [-0.1, -0.05) is 30.3 Å². The van der Waals surface area contributed by atoms with E-state index in [0.717, 1.165) is 22.8 Å². The first-order valence-corrected chi connectivity index (χ1v) is 11.5. The molecule has 0 saturated heterocycles. The molecule has 0 aliphatic rings. The molecule has 1 aromatic carbocycles. The largest absolute Gasteiger partial charge is 0.357 e. The van der Waals surface area contributed by atoms with Gasteiger partial charge < -0.3 is 10.6 Å². The number of nitrogens with one attached hydrogen (secondary N) is 2. The van der Waals surface area contributed by atoms with Crippen molar-refractivity contribution in [1.29, 1.82) is 0 Å². The van der Waals surface area contributed by atoms with Crippen LogP contribution >= 0.6 is 11.3 Å². The molecule has 6 nitrogen and oxygen atoms in total. The van der Waals surface area contributed by atoms with Gasteiger partial charge >= 0.3 is 0 Å². The Labute approximate surface area is 159 Å². The van der Waals surface area contributed by atoms with Crippen molar-refractivity contribution in [2.24, 2.45) is 4.99 Å². The summed E-state index contributed by atoms with van der Waals surface area (Å²) in [5, 5.41) is 9.43. The molecule has 0 bridgehead atoms. The Hall–Kier alpha value is -1.93. The second-order valence-corrected chi connectivity index (χ2v) is 9.29. The zero-order valence-corrected chi connectivity index (χ0v) is 17.0. The van der Waals surface area contributed by atoms with E-state index in [1.54, 1.807) is 11.3 Å². The van der Waals surface area contributed by atoms with Gasteiger partial charge in [-0.25, -0.2) is 18.4 Å². The third-order valence-corrected chi connectivity index (χ3v) is 5.54. The number of thiazole rings is 1. The predicted molar refractivity (Wildman–Crippen MR) is 109 cm³/mol. The van der Waals surface area contributed by atoms with Crippen molar-refractivity contribution in [3.05, 3.63) is 41.4 Å². The number of sulfone groups is 1. The Morgan fingerprint density at radius 2 is 2.04 bits per heavy atom. The minimum absolute atomic E-state index is 0.0119. The topological polar surface area (TPSA) is 83.4 Å². The van der Waals surface area contributed by atoms with E-state index >= 15 is 0 Å². The van der Waals surface area contributed by atoms with Gasteiger partial charge in [-0.15, -0.1) is 11.3 Å². The van der Waals surface area contributed by atoms with Crippen LogP contribution < -0.4 is 10.6 Å². The average Bonchev–Trinajstić information content (AvgIpc) is 3.07. The monoisotopic (exact) mass is 394 g/mol. The van der Waals surface area contributed by atoms with Crippen LogP contribution in [0.5, 0.6) is 0 Å². The molecule has 0 radical (unpaired) electrons. The first-order chi connectivity index (χ1) is 12.4. The first-order valence-electron chi connectivity index (χ1n) is 8.59. The van der Waals surface area contributed by atoms with Crippen molar-refractivity contribution in [3.8, 4) is 10.6 Å². The van der Waals surface area contributed by atoms with Gasteiger partial charge in [-0.3, -0.25) is 0 Å². The van der Waals surface area contributed by atoms with Gasteiger partial charge in [0.1, 0.15) is 14.8 Å². The summed E-state index contributed by atoms with van der Waals surface area (Å²) in [6.07, 6.45) is 1.80. The van der Waals surface area contributed by atoms with Gasteiger partial charge in [0.05, 0.1) is 18.0 Å². The molecule has 1 unspecified atom stereocenters. The molecule has 1 aromatic heterocycles. The minimum atomic E-state index is -2.96. The van der Waals surface area contributed by atoms with Gasteiger partial charge in [0, 0.05) is 29.8 Å². The van der Waals surface area contributed by atoms with E-state index in [1.807, 2.05) is 49.6 Å². The third-order valence-electron chi connectivity index (χ3n) is 3.62. The number of nitrogens with zero attached hydrogens (tertiary/aromatic N) is 2. The van der Waals surface area contributed by atoms with Crippen LogP contribution in [0.1, 0.15) is 26.0 Å². The lowest BCUT2D eigenvalue weighted by Gasteiger charge is -2.17. The van der Waals surface area contributed by atoms with E-state index in [1.165, 1.54) is 6.26 Å². The molecule has 0 amide bonds. The Kier molecular flexibility index (Phi) is 7.59. The Morgan fingerprint density at radius 1 is 1.31 bits per heavy atom. The highest BCUT2D eigenvalue weighted by Gasteiger charge is 2.10. The zero-order valence-electron chi connectivity index (χ0n) is 15.4. The molecule has 1 heterocycles. The van der Waals surface area contributed by atoms with Gasteiger partial charge in [0.25, 0.3) is 0 Å². The van der Waals surface area contributed by atoms with Gasteiger partial charge in [0.2, 0.25) is 0 Å². The molecular formula is C18H26N4O2S2. The smallest absolute Gasteiger partial charge is 0.191 e. The van der Waals surface area contributed by atoms with Crippen LogP contribution in [0, 0.1) is 0 Å². The lowest BCUT2D eigenvalue weighted by molar-refractivity contribution is 0.581. The van der Waals surface area contributed by atoms with Crippen molar-refractivity contribution in [2.45, 2.75) is 32.9 Å². The van der Waals surface area contributed by atoms with Crippen molar-refractivity contribution < 1.29 is 8.42 Å². The van der Waals surface area contributed by atoms with Gasteiger partial charge in [-0.05, 0) is 20.3 Å². The summed E-state index contributed by atoms with van der Waals surface area (Å²) in [7, 11) is -2.96. The average molecular weight is 395 g/mol. The standard InChI is InChI=1S/C18H26N4O2S2/c1-4-19-18(21-14(2)10-11-26(3,23)24)20-12-16-13-25-17(22-16)15-8-6-5-7-9-15/h5-9,13-14H,4,10-12H2,1-3H3,(H2,19,20,21). The number of aromatic nitrogens is 1. The summed E-state index contributed by atoms with van der Waals surface area (Å²) in [5.74, 6) is 0.829. The SMILES string of the molecule is CCNC(=NCc1csc(-c2ccccc2)n1)NC(C)CCS(C)(=O)=O. The van der Waals surface area contributed by atoms with Crippen LogP contribution in [-0.2, 0) is 16.4 Å².